The van der Waals surface area contributed by atoms with Crippen molar-refractivity contribution in [3.05, 3.63) is 59.9 Å². The lowest BCUT2D eigenvalue weighted by atomic mass is 9.95. The third-order valence-corrected chi connectivity index (χ3v) is 6.05. The number of pyridine rings is 1. The Labute approximate surface area is 181 Å². The molecule has 1 aliphatic rings. The smallest absolute Gasteiger partial charge is 0.242 e. The van der Waals surface area contributed by atoms with Crippen molar-refractivity contribution in [2.24, 2.45) is 5.73 Å². The monoisotopic (exact) mass is 417 g/mol. The fourth-order valence-corrected chi connectivity index (χ4v) is 3.81. The van der Waals surface area contributed by atoms with E-state index in [1.54, 1.807) is 32.0 Å². The van der Waals surface area contributed by atoms with Crippen LogP contribution in [0.5, 0.6) is 0 Å². The number of likely N-dealkylation sites (N-methyl/N-ethyl adjacent to an activating group) is 1. The largest absolute Gasteiger partial charge is 0.368 e. The quantitative estimate of drug-likeness (QED) is 0.561. The lowest BCUT2D eigenvalue weighted by molar-refractivity contribution is -0.122. The number of aryl methyl sites for hydroxylation is 1. The number of H-pyrrole nitrogens is 1. The third-order valence-electron chi connectivity index (χ3n) is 6.05. The van der Waals surface area contributed by atoms with E-state index in [1.165, 1.54) is 0 Å². The highest BCUT2D eigenvalue weighted by Gasteiger charge is 2.32. The molecule has 2 aromatic heterocycles. The molecule has 0 fully saturated rings. The predicted octanol–water partition coefficient (Wildman–Crippen LogP) is 4.04. The Kier molecular flexibility index (Phi) is 5.27. The molecule has 1 aliphatic carbocycles. The molecule has 0 unspecified atom stereocenters. The molecule has 0 atom stereocenters. The first kappa shape index (κ1) is 20.7. The Bertz CT molecular complexity index is 1130. The molecule has 1 amide bonds. The minimum atomic E-state index is -0.901. The molecule has 0 radical (unpaired) electrons. The number of aromatic nitrogens is 2. The summed E-state index contributed by atoms with van der Waals surface area (Å²) in [7, 11) is 1.79. The second-order valence-electron chi connectivity index (χ2n) is 8.38. The van der Waals surface area contributed by atoms with Gasteiger partial charge in [-0.3, -0.25) is 9.59 Å². The van der Waals surface area contributed by atoms with E-state index in [0.29, 0.717) is 12.2 Å². The Morgan fingerprint density at radius 3 is 2.65 bits per heavy atom. The highest BCUT2D eigenvalue weighted by atomic mass is 16.1. The molecule has 4 N–H and O–H groups in total. The van der Waals surface area contributed by atoms with E-state index in [9.17, 15) is 9.59 Å². The SMILES string of the molecule is CN(c1cc(-c2[nH]c3c(c2Nc2ccccc2)C(=O)CCC3)ccn1)C(C)(C)C(N)=O. The van der Waals surface area contributed by atoms with Crippen molar-refractivity contribution in [3.63, 3.8) is 0 Å². The van der Waals surface area contributed by atoms with Crippen LogP contribution >= 0.6 is 0 Å². The van der Waals surface area contributed by atoms with Gasteiger partial charge in [-0.05, 0) is 51.0 Å². The fourth-order valence-electron chi connectivity index (χ4n) is 3.81. The first-order chi connectivity index (χ1) is 14.8. The number of fused-ring (bicyclic) bond motifs is 1. The zero-order valence-electron chi connectivity index (χ0n) is 18.0. The average molecular weight is 418 g/mol. The Balaban J connectivity index is 1.81. The minimum Gasteiger partial charge on any atom is -0.368 e. The maximum atomic E-state index is 12.8. The highest BCUT2D eigenvalue weighted by Crippen LogP contribution is 2.39. The number of amides is 1. The predicted molar refractivity (Wildman–Crippen MR) is 123 cm³/mol. The van der Waals surface area contributed by atoms with Crippen molar-refractivity contribution in [2.75, 3.05) is 17.3 Å². The lowest BCUT2D eigenvalue weighted by Crippen LogP contribution is -2.52. The number of carbonyl (C=O) groups is 2. The van der Waals surface area contributed by atoms with E-state index in [1.807, 2.05) is 42.5 Å². The molecule has 1 aromatic carbocycles. The van der Waals surface area contributed by atoms with Crippen molar-refractivity contribution in [1.82, 2.24) is 9.97 Å². The number of nitrogens with two attached hydrogens (primary N) is 1. The Hall–Kier alpha value is -3.61. The van der Waals surface area contributed by atoms with Gasteiger partial charge in [-0.2, -0.15) is 0 Å². The number of primary amides is 1. The molecule has 160 valence electrons. The molecule has 4 rings (SSSR count). The second kappa shape index (κ2) is 7.91. The normalized spacial score (nSPS) is 13.6. The van der Waals surface area contributed by atoms with Gasteiger partial charge in [0, 0.05) is 36.6 Å². The molecular weight excluding hydrogens is 390 g/mol. The van der Waals surface area contributed by atoms with Crippen molar-refractivity contribution in [3.8, 4) is 11.3 Å². The van der Waals surface area contributed by atoms with E-state index in [4.69, 9.17) is 5.73 Å². The molecule has 0 spiro atoms. The molecule has 0 saturated carbocycles. The maximum absolute atomic E-state index is 12.8. The van der Waals surface area contributed by atoms with E-state index in [2.05, 4.69) is 15.3 Å². The number of aromatic amines is 1. The van der Waals surface area contributed by atoms with Crippen LogP contribution < -0.4 is 16.0 Å². The van der Waals surface area contributed by atoms with Crippen molar-refractivity contribution >= 4 is 28.9 Å². The number of ketones is 1. The summed E-state index contributed by atoms with van der Waals surface area (Å²) in [5.41, 5.74) is 9.76. The standard InChI is InChI=1S/C24H27N5O2/c1-24(2,23(25)31)29(3)19-14-15(12-13-26-19)21-22(27-16-8-5-4-6-9-16)20-17(28-21)10-7-11-18(20)30/h4-6,8-9,12-14,27-28H,7,10-11H2,1-3H3,(H2,25,31). The van der Waals surface area contributed by atoms with Gasteiger partial charge in [0.25, 0.3) is 0 Å². The molecule has 7 heteroatoms. The lowest BCUT2D eigenvalue weighted by Gasteiger charge is -2.33. The van der Waals surface area contributed by atoms with Crippen LogP contribution in [-0.4, -0.2) is 34.2 Å². The molecule has 31 heavy (non-hydrogen) atoms. The summed E-state index contributed by atoms with van der Waals surface area (Å²) in [5.74, 6) is 0.323. The summed E-state index contributed by atoms with van der Waals surface area (Å²) in [6.45, 7) is 3.52. The molecule has 7 nitrogen and oxygen atoms in total. The number of hydrogen-bond acceptors (Lipinski definition) is 5. The van der Waals surface area contributed by atoms with Crippen LogP contribution in [0.1, 0.15) is 42.7 Å². The van der Waals surface area contributed by atoms with E-state index >= 15 is 0 Å². The second-order valence-corrected chi connectivity index (χ2v) is 8.38. The van der Waals surface area contributed by atoms with Gasteiger partial charge in [0.15, 0.2) is 5.78 Å². The van der Waals surface area contributed by atoms with E-state index in [-0.39, 0.29) is 5.78 Å². The maximum Gasteiger partial charge on any atom is 0.242 e. The number of rotatable bonds is 6. The molecule has 2 heterocycles. The summed E-state index contributed by atoms with van der Waals surface area (Å²) < 4.78 is 0. The molecule has 3 aromatic rings. The van der Waals surface area contributed by atoms with Gasteiger partial charge in [0.2, 0.25) is 5.91 Å². The van der Waals surface area contributed by atoms with Crippen molar-refractivity contribution in [2.45, 2.75) is 38.6 Å². The van der Waals surface area contributed by atoms with Gasteiger partial charge in [0.05, 0.1) is 16.9 Å². The summed E-state index contributed by atoms with van der Waals surface area (Å²) >= 11 is 0. The number of para-hydroxylation sites is 1. The van der Waals surface area contributed by atoms with Crippen LogP contribution in [0, 0.1) is 0 Å². The Morgan fingerprint density at radius 2 is 1.94 bits per heavy atom. The van der Waals surface area contributed by atoms with Crippen molar-refractivity contribution < 1.29 is 9.59 Å². The summed E-state index contributed by atoms with van der Waals surface area (Å²) in [6.07, 6.45) is 3.92. The van der Waals surface area contributed by atoms with Crippen LogP contribution in [0.2, 0.25) is 0 Å². The number of benzene rings is 1. The van der Waals surface area contributed by atoms with Crippen LogP contribution in [0.3, 0.4) is 0 Å². The van der Waals surface area contributed by atoms with Gasteiger partial charge in [-0.25, -0.2) is 4.98 Å². The van der Waals surface area contributed by atoms with Gasteiger partial charge in [-0.1, -0.05) is 18.2 Å². The summed E-state index contributed by atoms with van der Waals surface area (Å²) in [4.78, 5) is 34.4. The Morgan fingerprint density at radius 1 is 1.19 bits per heavy atom. The number of hydrogen-bond donors (Lipinski definition) is 3. The van der Waals surface area contributed by atoms with Crippen LogP contribution in [0.15, 0.2) is 48.7 Å². The third kappa shape index (κ3) is 3.79. The van der Waals surface area contributed by atoms with E-state index in [0.717, 1.165) is 46.7 Å². The van der Waals surface area contributed by atoms with Crippen LogP contribution in [0.4, 0.5) is 17.2 Å². The number of Topliss-reactive ketones (excluding diaryl/α,β-unsaturated/α-hetero) is 1. The van der Waals surface area contributed by atoms with E-state index < -0.39 is 11.4 Å². The topological polar surface area (TPSA) is 104 Å². The first-order valence-electron chi connectivity index (χ1n) is 10.4. The van der Waals surface area contributed by atoms with Gasteiger partial charge in [0.1, 0.15) is 11.4 Å². The number of nitrogens with one attached hydrogen (secondary N) is 2. The van der Waals surface area contributed by atoms with Crippen molar-refractivity contribution in [1.29, 1.82) is 0 Å². The highest BCUT2D eigenvalue weighted by molar-refractivity contribution is 6.07. The van der Waals surface area contributed by atoms with Gasteiger partial charge >= 0.3 is 0 Å². The summed E-state index contributed by atoms with van der Waals surface area (Å²) in [5, 5.41) is 3.45. The zero-order valence-corrected chi connectivity index (χ0v) is 18.0. The van der Waals surface area contributed by atoms with Crippen LogP contribution in [0.25, 0.3) is 11.3 Å². The van der Waals surface area contributed by atoms with Gasteiger partial charge in [-0.15, -0.1) is 0 Å². The van der Waals surface area contributed by atoms with Gasteiger partial charge < -0.3 is 20.9 Å². The average Bonchev–Trinajstić information content (AvgIpc) is 3.13. The number of anilines is 3. The number of carbonyl (C=O) groups excluding carboxylic acids is 2. The first-order valence-corrected chi connectivity index (χ1v) is 10.4. The summed E-state index contributed by atoms with van der Waals surface area (Å²) in [6, 6.07) is 13.6. The molecule has 0 aliphatic heterocycles. The number of nitrogens with zero attached hydrogens (tertiary/aromatic N) is 2. The molecular formula is C24H27N5O2. The molecule has 0 bridgehead atoms. The minimum absolute atomic E-state index is 0.142. The fraction of sp³-hybridized carbons (Fsp3) is 0.292. The molecule has 0 saturated heterocycles. The zero-order chi connectivity index (χ0) is 22.2. The van der Waals surface area contributed by atoms with Crippen LogP contribution in [-0.2, 0) is 11.2 Å².